The van der Waals surface area contributed by atoms with Gasteiger partial charge in [0.1, 0.15) is 11.3 Å². The molecule has 3 rings (SSSR count). The normalized spacial score (nSPS) is 15.8. The van der Waals surface area contributed by atoms with Crippen molar-refractivity contribution in [1.82, 2.24) is 14.3 Å². The molecule has 1 amide bonds. The average Bonchev–Trinajstić information content (AvgIpc) is 2.85. The molecule has 20 heavy (non-hydrogen) atoms. The van der Waals surface area contributed by atoms with Gasteiger partial charge < -0.3 is 4.90 Å². The zero-order chi connectivity index (χ0) is 14.1. The fraction of sp³-hybridized carbons (Fsp3) is 0.500. The zero-order valence-corrected chi connectivity index (χ0v) is 12.2. The number of carbonyl (C=O) groups excluding carboxylic acids is 1. The van der Waals surface area contributed by atoms with E-state index in [0.717, 1.165) is 55.0 Å². The van der Waals surface area contributed by atoms with Crippen molar-refractivity contribution >= 4 is 11.6 Å². The maximum absolute atomic E-state index is 12.8. The van der Waals surface area contributed by atoms with Gasteiger partial charge in [0, 0.05) is 19.3 Å². The Bertz CT molecular complexity index is 638. The summed E-state index contributed by atoms with van der Waals surface area (Å²) in [6, 6.07) is 4.03. The van der Waals surface area contributed by atoms with E-state index in [1.165, 1.54) is 6.42 Å². The predicted molar refractivity (Wildman–Crippen MR) is 79.1 cm³/mol. The molecule has 3 heterocycles. The summed E-state index contributed by atoms with van der Waals surface area (Å²) in [7, 11) is 0. The van der Waals surface area contributed by atoms with Gasteiger partial charge in [0.2, 0.25) is 0 Å². The number of amides is 1. The van der Waals surface area contributed by atoms with Crippen LogP contribution in [0.1, 0.15) is 47.9 Å². The first-order valence-electron chi connectivity index (χ1n) is 7.47. The van der Waals surface area contributed by atoms with Crippen molar-refractivity contribution in [3.8, 4) is 0 Å². The van der Waals surface area contributed by atoms with Gasteiger partial charge in [-0.3, -0.25) is 9.20 Å². The highest BCUT2D eigenvalue weighted by molar-refractivity contribution is 5.94. The van der Waals surface area contributed by atoms with E-state index >= 15 is 0 Å². The Morgan fingerprint density at radius 2 is 2.00 bits per heavy atom. The molecule has 106 valence electrons. The standard InChI is InChI=1S/C16H21N3O/c1-3-13-15(16(20)18-9-5-4-6-10-18)19-11-12(2)7-8-14(19)17-13/h7-8,11H,3-6,9-10H2,1-2H3. The summed E-state index contributed by atoms with van der Waals surface area (Å²) in [4.78, 5) is 19.4. The van der Waals surface area contributed by atoms with Gasteiger partial charge in [-0.2, -0.15) is 0 Å². The fourth-order valence-electron chi connectivity index (χ4n) is 2.92. The molecule has 4 nitrogen and oxygen atoms in total. The molecule has 0 atom stereocenters. The molecule has 0 spiro atoms. The van der Waals surface area contributed by atoms with Crippen molar-refractivity contribution in [2.45, 2.75) is 39.5 Å². The average molecular weight is 271 g/mol. The molecule has 1 fully saturated rings. The molecular formula is C16H21N3O. The lowest BCUT2D eigenvalue weighted by Gasteiger charge is -2.26. The molecule has 0 N–H and O–H groups in total. The largest absolute Gasteiger partial charge is 0.337 e. The predicted octanol–water partition coefficient (Wildman–Crippen LogP) is 2.83. The highest BCUT2D eigenvalue weighted by atomic mass is 16.2. The van der Waals surface area contributed by atoms with Crippen LogP contribution in [0.3, 0.4) is 0 Å². The minimum Gasteiger partial charge on any atom is -0.337 e. The lowest BCUT2D eigenvalue weighted by Crippen LogP contribution is -2.36. The molecule has 1 aliphatic rings. The summed E-state index contributed by atoms with van der Waals surface area (Å²) < 4.78 is 1.96. The summed E-state index contributed by atoms with van der Waals surface area (Å²) in [5.41, 5.74) is 3.68. The molecule has 0 saturated carbocycles. The van der Waals surface area contributed by atoms with Crippen molar-refractivity contribution in [2.75, 3.05) is 13.1 Å². The molecule has 0 radical (unpaired) electrons. The van der Waals surface area contributed by atoms with Crippen molar-refractivity contribution < 1.29 is 4.79 Å². The quantitative estimate of drug-likeness (QED) is 0.842. The Balaban J connectivity index is 2.08. The number of aromatic nitrogens is 2. The summed E-state index contributed by atoms with van der Waals surface area (Å²) in [5, 5.41) is 0. The van der Waals surface area contributed by atoms with Crippen LogP contribution in [0.15, 0.2) is 18.3 Å². The molecule has 4 heteroatoms. The van der Waals surface area contributed by atoms with E-state index in [2.05, 4.69) is 11.9 Å². The van der Waals surface area contributed by atoms with Gasteiger partial charge in [-0.25, -0.2) is 4.98 Å². The van der Waals surface area contributed by atoms with Crippen LogP contribution in [-0.4, -0.2) is 33.3 Å². The van der Waals surface area contributed by atoms with Crippen molar-refractivity contribution in [1.29, 1.82) is 0 Å². The van der Waals surface area contributed by atoms with E-state index in [1.54, 1.807) is 0 Å². The third-order valence-corrected chi connectivity index (χ3v) is 4.02. The molecule has 2 aromatic heterocycles. The van der Waals surface area contributed by atoms with Gasteiger partial charge in [0.15, 0.2) is 0 Å². The van der Waals surface area contributed by atoms with Gasteiger partial charge in [0.05, 0.1) is 5.69 Å². The van der Waals surface area contributed by atoms with Crippen LogP contribution in [0.5, 0.6) is 0 Å². The number of carbonyl (C=O) groups is 1. The number of piperidine rings is 1. The number of pyridine rings is 1. The lowest BCUT2D eigenvalue weighted by atomic mass is 10.1. The summed E-state index contributed by atoms with van der Waals surface area (Å²) in [6.45, 7) is 5.85. The molecule has 0 aliphatic carbocycles. The Hall–Kier alpha value is -1.84. The zero-order valence-electron chi connectivity index (χ0n) is 12.2. The van der Waals surface area contributed by atoms with Crippen LogP contribution in [0, 0.1) is 6.92 Å². The molecule has 0 aromatic carbocycles. The molecule has 0 bridgehead atoms. The fourth-order valence-corrected chi connectivity index (χ4v) is 2.92. The smallest absolute Gasteiger partial charge is 0.272 e. The summed E-state index contributed by atoms with van der Waals surface area (Å²) >= 11 is 0. The monoisotopic (exact) mass is 271 g/mol. The second-order valence-electron chi connectivity index (χ2n) is 5.55. The van der Waals surface area contributed by atoms with Crippen LogP contribution in [0.2, 0.25) is 0 Å². The third-order valence-electron chi connectivity index (χ3n) is 4.02. The van der Waals surface area contributed by atoms with Gasteiger partial charge >= 0.3 is 0 Å². The second kappa shape index (κ2) is 5.27. The highest BCUT2D eigenvalue weighted by Crippen LogP contribution is 2.19. The number of rotatable bonds is 2. The van der Waals surface area contributed by atoms with Crippen molar-refractivity contribution in [3.05, 3.63) is 35.3 Å². The van der Waals surface area contributed by atoms with Crippen LogP contribution in [0.4, 0.5) is 0 Å². The van der Waals surface area contributed by atoms with Crippen molar-refractivity contribution in [2.24, 2.45) is 0 Å². The highest BCUT2D eigenvalue weighted by Gasteiger charge is 2.24. The maximum Gasteiger partial charge on any atom is 0.272 e. The maximum atomic E-state index is 12.8. The van der Waals surface area contributed by atoms with Crippen LogP contribution >= 0.6 is 0 Å². The number of aryl methyl sites for hydroxylation is 2. The van der Waals surface area contributed by atoms with E-state index in [-0.39, 0.29) is 5.91 Å². The second-order valence-corrected chi connectivity index (χ2v) is 5.55. The number of nitrogens with zero attached hydrogens (tertiary/aromatic N) is 3. The SMILES string of the molecule is CCc1nc2ccc(C)cn2c1C(=O)N1CCCCC1. The molecule has 1 saturated heterocycles. The van der Waals surface area contributed by atoms with Crippen LogP contribution in [-0.2, 0) is 6.42 Å². The molecule has 2 aromatic rings. The van der Waals surface area contributed by atoms with Gasteiger partial charge in [-0.05, 0) is 44.2 Å². The number of hydrogen-bond acceptors (Lipinski definition) is 2. The van der Waals surface area contributed by atoms with Crippen molar-refractivity contribution in [3.63, 3.8) is 0 Å². The number of likely N-dealkylation sites (tertiary alicyclic amines) is 1. The Labute approximate surface area is 119 Å². The van der Waals surface area contributed by atoms with Crippen LogP contribution < -0.4 is 0 Å². The van der Waals surface area contributed by atoms with Gasteiger partial charge in [-0.1, -0.05) is 13.0 Å². The van der Waals surface area contributed by atoms with E-state index in [4.69, 9.17) is 0 Å². The Kier molecular flexibility index (Phi) is 3.47. The Morgan fingerprint density at radius 1 is 1.25 bits per heavy atom. The first-order valence-corrected chi connectivity index (χ1v) is 7.47. The first-order chi connectivity index (χ1) is 9.70. The van der Waals surface area contributed by atoms with E-state index in [0.29, 0.717) is 0 Å². The minimum atomic E-state index is 0.139. The first kappa shape index (κ1) is 13.2. The number of imidazole rings is 1. The van der Waals surface area contributed by atoms with Crippen LogP contribution in [0.25, 0.3) is 5.65 Å². The molecule has 0 unspecified atom stereocenters. The lowest BCUT2D eigenvalue weighted by molar-refractivity contribution is 0.0716. The van der Waals surface area contributed by atoms with E-state index in [1.807, 2.05) is 34.6 Å². The third kappa shape index (κ3) is 2.19. The Morgan fingerprint density at radius 3 is 2.70 bits per heavy atom. The van der Waals surface area contributed by atoms with Gasteiger partial charge in [-0.15, -0.1) is 0 Å². The topological polar surface area (TPSA) is 37.6 Å². The minimum absolute atomic E-state index is 0.139. The summed E-state index contributed by atoms with van der Waals surface area (Å²) in [6.07, 6.45) is 6.26. The number of hydrogen-bond donors (Lipinski definition) is 0. The van der Waals surface area contributed by atoms with Gasteiger partial charge in [0.25, 0.3) is 5.91 Å². The molecule has 1 aliphatic heterocycles. The van der Waals surface area contributed by atoms with E-state index < -0.39 is 0 Å². The molecular weight excluding hydrogens is 250 g/mol. The number of fused-ring (bicyclic) bond motifs is 1. The summed E-state index contributed by atoms with van der Waals surface area (Å²) in [5.74, 6) is 0.139. The van der Waals surface area contributed by atoms with E-state index in [9.17, 15) is 4.79 Å².